The topological polar surface area (TPSA) is 74.8 Å². The Bertz CT molecular complexity index is 761. The molecule has 1 amide bonds. The summed E-state index contributed by atoms with van der Waals surface area (Å²) in [6.07, 6.45) is 4.82. The summed E-state index contributed by atoms with van der Waals surface area (Å²) in [4.78, 5) is 32.8. The average Bonchev–Trinajstić information content (AvgIpc) is 3.21. The maximum absolute atomic E-state index is 12.6. The molecular formula is C18H23N3O2S. The molecule has 2 N–H and O–H groups in total. The molecule has 5 nitrogen and oxygen atoms in total. The number of carbonyl (C=O) groups excluding carboxylic acids is 1. The number of nitrogens with one attached hydrogen (secondary N) is 2. The third-order valence-corrected chi connectivity index (χ3v) is 5.67. The van der Waals surface area contributed by atoms with Crippen molar-refractivity contribution in [2.45, 2.75) is 52.0 Å². The van der Waals surface area contributed by atoms with E-state index in [0.717, 1.165) is 12.8 Å². The Balaban J connectivity index is 1.76. The second kappa shape index (κ2) is 7.30. The van der Waals surface area contributed by atoms with Crippen molar-refractivity contribution in [2.24, 2.45) is 5.92 Å². The normalized spacial score (nSPS) is 16.2. The van der Waals surface area contributed by atoms with Gasteiger partial charge in [-0.3, -0.25) is 9.59 Å². The largest absolute Gasteiger partial charge is 0.348 e. The lowest BCUT2D eigenvalue weighted by Gasteiger charge is -2.24. The first-order chi connectivity index (χ1) is 11.5. The minimum Gasteiger partial charge on any atom is -0.348 e. The van der Waals surface area contributed by atoms with Gasteiger partial charge in [-0.15, -0.1) is 11.3 Å². The Morgan fingerprint density at radius 1 is 1.42 bits per heavy atom. The lowest BCUT2D eigenvalue weighted by atomic mass is 9.96. The maximum Gasteiger partial charge on any atom is 0.254 e. The smallest absolute Gasteiger partial charge is 0.254 e. The lowest BCUT2D eigenvalue weighted by Crippen LogP contribution is -2.35. The van der Waals surface area contributed by atoms with Crippen LogP contribution in [0.25, 0.3) is 0 Å². The molecule has 1 aliphatic carbocycles. The molecule has 0 spiro atoms. The second-order valence-electron chi connectivity index (χ2n) is 6.50. The molecule has 2 aromatic rings. The van der Waals surface area contributed by atoms with Gasteiger partial charge in [0.05, 0.1) is 12.5 Å². The van der Waals surface area contributed by atoms with Crippen LogP contribution in [0.3, 0.4) is 0 Å². The number of amides is 1. The fraction of sp³-hybridized carbons (Fsp3) is 0.500. The minimum atomic E-state index is -0.219. The summed E-state index contributed by atoms with van der Waals surface area (Å²) in [5, 5.41) is 5.21. The number of aromatic nitrogens is 2. The number of hydrogen-bond acceptors (Lipinski definition) is 4. The summed E-state index contributed by atoms with van der Waals surface area (Å²) in [7, 11) is 0. The van der Waals surface area contributed by atoms with Gasteiger partial charge in [-0.05, 0) is 44.1 Å². The zero-order valence-electron chi connectivity index (χ0n) is 14.1. The van der Waals surface area contributed by atoms with E-state index >= 15 is 0 Å². The molecule has 6 heteroatoms. The summed E-state index contributed by atoms with van der Waals surface area (Å²) in [6.45, 7) is 3.52. The number of aromatic amines is 1. The van der Waals surface area contributed by atoms with Crippen molar-refractivity contribution in [2.75, 3.05) is 0 Å². The molecule has 0 unspecified atom stereocenters. The number of hydrogen-bond donors (Lipinski definition) is 2. The van der Waals surface area contributed by atoms with E-state index in [1.54, 1.807) is 25.2 Å². The molecule has 1 fully saturated rings. The van der Waals surface area contributed by atoms with Crippen molar-refractivity contribution in [3.63, 3.8) is 0 Å². The van der Waals surface area contributed by atoms with Crippen molar-refractivity contribution >= 4 is 17.2 Å². The first kappa shape index (κ1) is 16.9. The Labute approximate surface area is 145 Å². The highest BCUT2D eigenvalue weighted by Gasteiger charge is 2.28. The molecule has 1 saturated carbocycles. The Morgan fingerprint density at radius 2 is 2.17 bits per heavy atom. The van der Waals surface area contributed by atoms with Crippen LogP contribution in [-0.2, 0) is 11.2 Å². The Morgan fingerprint density at radius 3 is 2.79 bits per heavy atom. The van der Waals surface area contributed by atoms with Crippen molar-refractivity contribution < 1.29 is 4.79 Å². The van der Waals surface area contributed by atoms with Crippen LogP contribution in [0.1, 0.15) is 53.7 Å². The van der Waals surface area contributed by atoms with Gasteiger partial charge in [-0.1, -0.05) is 18.9 Å². The lowest BCUT2D eigenvalue weighted by molar-refractivity contribution is -0.121. The number of aryl methyl sites for hydroxylation is 2. The predicted molar refractivity (Wildman–Crippen MR) is 95.2 cm³/mol. The number of rotatable bonds is 5. The van der Waals surface area contributed by atoms with Gasteiger partial charge in [-0.2, -0.15) is 0 Å². The first-order valence-electron chi connectivity index (χ1n) is 8.43. The summed E-state index contributed by atoms with van der Waals surface area (Å²) in [6, 6.07) is 4.16. The molecule has 128 valence electrons. The van der Waals surface area contributed by atoms with Crippen LogP contribution < -0.4 is 10.9 Å². The fourth-order valence-corrected chi connectivity index (χ4v) is 4.39. The maximum atomic E-state index is 12.6. The van der Waals surface area contributed by atoms with E-state index in [0.29, 0.717) is 23.0 Å². The number of H-pyrrole nitrogens is 1. The number of nitrogens with zero attached hydrogens (tertiary/aromatic N) is 1. The molecule has 0 bridgehead atoms. The van der Waals surface area contributed by atoms with Crippen LogP contribution >= 0.6 is 11.3 Å². The van der Waals surface area contributed by atoms with Gasteiger partial charge >= 0.3 is 0 Å². The molecule has 1 atom stereocenters. The molecule has 0 radical (unpaired) electrons. The van der Waals surface area contributed by atoms with Gasteiger partial charge in [0.15, 0.2) is 0 Å². The second-order valence-corrected chi connectivity index (χ2v) is 7.48. The Hall–Kier alpha value is -1.95. The van der Waals surface area contributed by atoms with Crippen molar-refractivity contribution in [1.29, 1.82) is 0 Å². The predicted octanol–water partition coefficient (Wildman–Crippen LogP) is 3.04. The standard InChI is InChI=1S/C18H23N3O2S/c1-11-14(18(23)20-12(2)19-11)10-16(22)21-17(13-6-3-4-7-13)15-8-5-9-24-15/h5,8-9,13,17H,3-4,6-7,10H2,1-2H3,(H,21,22)(H,19,20,23)/t17-/m1/s1. The fourth-order valence-electron chi connectivity index (χ4n) is 3.52. The highest BCUT2D eigenvalue weighted by Crippen LogP contribution is 2.37. The van der Waals surface area contributed by atoms with Crippen LogP contribution in [0, 0.1) is 19.8 Å². The molecule has 0 aliphatic heterocycles. The van der Waals surface area contributed by atoms with Crippen LogP contribution in [0.2, 0.25) is 0 Å². The monoisotopic (exact) mass is 345 g/mol. The van der Waals surface area contributed by atoms with Gasteiger partial charge in [0, 0.05) is 16.1 Å². The van der Waals surface area contributed by atoms with E-state index in [-0.39, 0.29) is 23.9 Å². The summed E-state index contributed by atoms with van der Waals surface area (Å²) < 4.78 is 0. The highest BCUT2D eigenvalue weighted by atomic mass is 32.1. The number of carbonyl (C=O) groups is 1. The molecule has 0 saturated heterocycles. The van der Waals surface area contributed by atoms with E-state index in [1.165, 1.54) is 17.7 Å². The molecule has 2 heterocycles. The van der Waals surface area contributed by atoms with E-state index < -0.39 is 0 Å². The quantitative estimate of drug-likeness (QED) is 0.874. The molecule has 3 rings (SSSR count). The summed E-state index contributed by atoms with van der Waals surface area (Å²) in [5.41, 5.74) is 0.859. The van der Waals surface area contributed by atoms with Gasteiger partial charge in [0.25, 0.3) is 5.56 Å². The first-order valence-corrected chi connectivity index (χ1v) is 9.31. The molecular weight excluding hydrogens is 322 g/mol. The van der Waals surface area contributed by atoms with Gasteiger partial charge in [0.2, 0.25) is 5.91 Å². The summed E-state index contributed by atoms with van der Waals surface area (Å²) in [5.74, 6) is 0.951. The number of thiophene rings is 1. The SMILES string of the molecule is Cc1nc(C)c(CC(=O)N[C@@H](c2cccs2)C2CCCC2)c(=O)[nH]1. The van der Waals surface area contributed by atoms with Crippen LogP contribution in [0.5, 0.6) is 0 Å². The van der Waals surface area contributed by atoms with E-state index in [1.807, 2.05) is 11.4 Å². The van der Waals surface area contributed by atoms with Crippen LogP contribution in [-0.4, -0.2) is 15.9 Å². The Kier molecular flexibility index (Phi) is 5.14. The van der Waals surface area contributed by atoms with E-state index in [9.17, 15) is 9.59 Å². The van der Waals surface area contributed by atoms with E-state index in [4.69, 9.17) is 0 Å². The molecule has 0 aromatic carbocycles. The zero-order chi connectivity index (χ0) is 17.1. The van der Waals surface area contributed by atoms with Gasteiger partial charge in [-0.25, -0.2) is 4.98 Å². The third kappa shape index (κ3) is 3.75. The molecule has 1 aliphatic rings. The molecule has 2 aromatic heterocycles. The van der Waals surface area contributed by atoms with Crippen LogP contribution in [0.4, 0.5) is 0 Å². The van der Waals surface area contributed by atoms with E-state index in [2.05, 4.69) is 21.4 Å². The van der Waals surface area contributed by atoms with Gasteiger partial charge in [0.1, 0.15) is 5.82 Å². The average molecular weight is 345 g/mol. The van der Waals surface area contributed by atoms with Crippen LogP contribution in [0.15, 0.2) is 22.3 Å². The van der Waals surface area contributed by atoms with Crippen molar-refractivity contribution in [1.82, 2.24) is 15.3 Å². The summed E-state index contributed by atoms with van der Waals surface area (Å²) >= 11 is 1.68. The minimum absolute atomic E-state index is 0.0535. The van der Waals surface area contributed by atoms with Crippen molar-refractivity contribution in [3.05, 3.63) is 49.8 Å². The molecule has 24 heavy (non-hydrogen) atoms. The van der Waals surface area contributed by atoms with Gasteiger partial charge < -0.3 is 10.3 Å². The third-order valence-electron chi connectivity index (χ3n) is 4.72. The zero-order valence-corrected chi connectivity index (χ0v) is 14.9. The highest BCUT2D eigenvalue weighted by molar-refractivity contribution is 7.10. The van der Waals surface area contributed by atoms with Crippen molar-refractivity contribution in [3.8, 4) is 0 Å².